The summed E-state index contributed by atoms with van der Waals surface area (Å²) in [4.78, 5) is 17.5. The third-order valence-corrected chi connectivity index (χ3v) is 6.78. The molecule has 2 saturated heterocycles. The van der Waals surface area contributed by atoms with Gasteiger partial charge in [-0.1, -0.05) is 35.9 Å². The van der Waals surface area contributed by atoms with E-state index >= 15 is 0 Å². The van der Waals surface area contributed by atoms with Gasteiger partial charge in [-0.2, -0.15) is 0 Å². The molecule has 29 heavy (non-hydrogen) atoms. The van der Waals surface area contributed by atoms with Crippen molar-refractivity contribution in [2.75, 3.05) is 44.6 Å². The number of nitrogens with one attached hydrogen (secondary N) is 1. The fourth-order valence-electron chi connectivity index (χ4n) is 4.66. The van der Waals surface area contributed by atoms with E-state index in [0.29, 0.717) is 11.8 Å². The van der Waals surface area contributed by atoms with Crippen LogP contribution in [-0.2, 0) is 0 Å². The normalized spacial score (nSPS) is 21.4. The van der Waals surface area contributed by atoms with Gasteiger partial charge in [-0.25, -0.2) is 0 Å². The number of hydrogen-bond donors (Lipinski definition) is 1. The molecule has 1 N–H and O–H groups in total. The highest BCUT2D eigenvalue weighted by molar-refractivity contribution is 6.31. The van der Waals surface area contributed by atoms with Crippen LogP contribution in [0.1, 0.15) is 27.9 Å². The number of hydrogen-bond acceptors (Lipinski definition) is 3. The SMILES string of the molecule is Cc1ccc(NCCCN2CC3CN(C(=O)c4ccccc4C)CC3C2)cc1Cl. The maximum atomic E-state index is 12.9. The number of benzene rings is 2. The van der Waals surface area contributed by atoms with E-state index in [9.17, 15) is 4.79 Å². The van der Waals surface area contributed by atoms with E-state index in [1.54, 1.807) is 0 Å². The average Bonchev–Trinajstić information content (AvgIpc) is 3.26. The lowest BCUT2D eigenvalue weighted by molar-refractivity contribution is 0.0773. The summed E-state index contributed by atoms with van der Waals surface area (Å²) in [7, 11) is 0. The molecule has 0 bridgehead atoms. The minimum Gasteiger partial charge on any atom is -0.385 e. The van der Waals surface area contributed by atoms with Crippen LogP contribution >= 0.6 is 11.6 Å². The molecule has 5 heteroatoms. The third-order valence-electron chi connectivity index (χ3n) is 6.38. The number of aryl methyl sites for hydroxylation is 2. The molecule has 2 aromatic rings. The number of amides is 1. The predicted molar refractivity (Wildman–Crippen MR) is 120 cm³/mol. The summed E-state index contributed by atoms with van der Waals surface area (Å²) in [5, 5.41) is 4.28. The van der Waals surface area contributed by atoms with Crippen molar-refractivity contribution in [1.29, 1.82) is 0 Å². The van der Waals surface area contributed by atoms with E-state index in [0.717, 1.165) is 73.1 Å². The van der Waals surface area contributed by atoms with E-state index < -0.39 is 0 Å². The van der Waals surface area contributed by atoms with E-state index in [1.807, 2.05) is 44.2 Å². The number of carbonyl (C=O) groups is 1. The summed E-state index contributed by atoms with van der Waals surface area (Å²) in [6.07, 6.45) is 1.11. The standard InChI is InChI=1S/C24H30ClN3O/c1-17-6-3-4-7-22(17)24(29)28-15-19-13-27(14-20(19)16-28)11-5-10-26-21-9-8-18(2)23(25)12-21/h3-4,6-9,12,19-20,26H,5,10-11,13-16H2,1-2H3. The minimum atomic E-state index is 0.199. The molecule has 2 unspecified atom stereocenters. The lowest BCUT2D eigenvalue weighted by atomic mass is 10.0. The first kappa shape index (κ1) is 20.2. The maximum absolute atomic E-state index is 12.9. The predicted octanol–water partition coefficient (Wildman–Crippen LogP) is 4.46. The van der Waals surface area contributed by atoms with Gasteiger partial charge in [0.15, 0.2) is 0 Å². The fourth-order valence-corrected chi connectivity index (χ4v) is 4.84. The van der Waals surface area contributed by atoms with E-state index in [1.165, 1.54) is 0 Å². The average molecular weight is 412 g/mol. The van der Waals surface area contributed by atoms with E-state index in [4.69, 9.17) is 11.6 Å². The van der Waals surface area contributed by atoms with Gasteiger partial charge in [-0.3, -0.25) is 4.79 Å². The van der Waals surface area contributed by atoms with Crippen molar-refractivity contribution in [2.45, 2.75) is 20.3 Å². The van der Waals surface area contributed by atoms with Crippen molar-refractivity contribution in [2.24, 2.45) is 11.8 Å². The smallest absolute Gasteiger partial charge is 0.254 e. The molecule has 2 aliphatic rings. The molecule has 2 aromatic carbocycles. The lowest BCUT2D eigenvalue weighted by Gasteiger charge is -2.22. The summed E-state index contributed by atoms with van der Waals surface area (Å²) in [6.45, 7) is 10.1. The zero-order valence-corrected chi connectivity index (χ0v) is 18.1. The van der Waals surface area contributed by atoms with Crippen LogP contribution in [0.2, 0.25) is 5.02 Å². The molecule has 4 nitrogen and oxygen atoms in total. The van der Waals surface area contributed by atoms with Crippen molar-refractivity contribution in [3.05, 3.63) is 64.2 Å². The Morgan fingerprint density at radius 1 is 1.03 bits per heavy atom. The van der Waals surface area contributed by atoms with Crippen LogP contribution in [0.4, 0.5) is 5.69 Å². The zero-order chi connectivity index (χ0) is 20.4. The summed E-state index contributed by atoms with van der Waals surface area (Å²) < 4.78 is 0. The molecule has 0 aliphatic carbocycles. The Morgan fingerprint density at radius 2 is 1.76 bits per heavy atom. The Morgan fingerprint density at radius 3 is 2.45 bits per heavy atom. The van der Waals surface area contributed by atoms with Gasteiger partial charge in [-0.15, -0.1) is 0 Å². The number of fused-ring (bicyclic) bond motifs is 1. The largest absolute Gasteiger partial charge is 0.385 e. The highest BCUT2D eigenvalue weighted by Crippen LogP contribution is 2.32. The van der Waals surface area contributed by atoms with Gasteiger partial charge in [0.05, 0.1) is 0 Å². The van der Waals surface area contributed by atoms with Gasteiger partial charge < -0.3 is 15.1 Å². The first-order valence-corrected chi connectivity index (χ1v) is 11.0. The summed E-state index contributed by atoms with van der Waals surface area (Å²) in [6, 6.07) is 14.0. The molecule has 4 rings (SSSR count). The van der Waals surface area contributed by atoms with Crippen molar-refractivity contribution < 1.29 is 4.79 Å². The fraction of sp³-hybridized carbons (Fsp3) is 0.458. The van der Waals surface area contributed by atoms with Crippen molar-refractivity contribution in [3.8, 4) is 0 Å². The number of halogens is 1. The summed E-state index contributed by atoms with van der Waals surface area (Å²) >= 11 is 6.19. The third kappa shape index (κ3) is 4.59. The van der Waals surface area contributed by atoms with Crippen molar-refractivity contribution in [3.63, 3.8) is 0 Å². The van der Waals surface area contributed by atoms with Crippen LogP contribution in [0.15, 0.2) is 42.5 Å². The van der Waals surface area contributed by atoms with Crippen LogP contribution in [-0.4, -0.2) is 55.0 Å². The zero-order valence-electron chi connectivity index (χ0n) is 17.3. The number of anilines is 1. The minimum absolute atomic E-state index is 0.199. The van der Waals surface area contributed by atoms with Gasteiger partial charge in [0.1, 0.15) is 0 Å². The first-order chi connectivity index (χ1) is 14.0. The highest BCUT2D eigenvalue weighted by atomic mass is 35.5. The molecule has 2 heterocycles. The molecular weight excluding hydrogens is 382 g/mol. The molecule has 0 aromatic heterocycles. The molecular formula is C24H30ClN3O. The molecule has 1 amide bonds. The van der Waals surface area contributed by atoms with Gasteiger partial charge in [0.25, 0.3) is 5.91 Å². The second kappa shape index (κ2) is 8.76. The van der Waals surface area contributed by atoms with Crippen LogP contribution in [0, 0.1) is 25.7 Å². The van der Waals surface area contributed by atoms with Crippen LogP contribution in [0.5, 0.6) is 0 Å². The van der Waals surface area contributed by atoms with Crippen LogP contribution < -0.4 is 5.32 Å². The van der Waals surface area contributed by atoms with Gasteiger partial charge >= 0.3 is 0 Å². The Labute approximate surface area is 178 Å². The Hall–Kier alpha value is -2.04. The number of likely N-dealkylation sites (tertiary alicyclic amines) is 2. The number of carbonyl (C=O) groups excluding carboxylic acids is 1. The monoisotopic (exact) mass is 411 g/mol. The van der Waals surface area contributed by atoms with Crippen molar-refractivity contribution in [1.82, 2.24) is 9.80 Å². The van der Waals surface area contributed by atoms with E-state index in [-0.39, 0.29) is 5.91 Å². The molecule has 0 spiro atoms. The van der Waals surface area contributed by atoms with E-state index in [2.05, 4.69) is 27.2 Å². The van der Waals surface area contributed by atoms with Gasteiger partial charge in [-0.05, 0) is 68.0 Å². The molecule has 154 valence electrons. The quantitative estimate of drug-likeness (QED) is 0.712. The summed E-state index contributed by atoms with van der Waals surface area (Å²) in [5.74, 6) is 1.43. The number of nitrogens with zero attached hydrogens (tertiary/aromatic N) is 2. The molecule has 0 radical (unpaired) electrons. The second-order valence-electron chi connectivity index (χ2n) is 8.55. The topological polar surface area (TPSA) is 35.6 Å². The first-order valence-electron chi connectivity index (χ1n) is 10.6. The van der Waals surface area contributed by atoms with Gasteiger partial charge in [0.2, 0.25) is 0 Å². The Bertz CT molecular complexity index is 870. The highest BCUT2D eigenvalue weighted by Gasteiger charge is 2.41. The Balaban J connectivity index is 1.21. The van der Waals surface area contributed by atoms with Gasteiger partial charge in [0, 0.05) is 49.0 Å². The Kier molecular flexibility index (Phi) is 6.12. The number of rotatable bonds is 6. The van der Waals surface area contributed by atoms with Crippen LogP contribution in [0.25, 0.3) is 0 Å². The van der Waals surface area contributed by atoms with Crippen LogP contribution in [0.3, 0.4) is 0 Å². The maximum Gasteiger partial charge on any atom is 0.254 e. The molecule has 0 saturated carbocycles. The molecule has 2 aliphatic heterocycles. The lowest BCUT2D eigenvalue weighted by Crippen LogP contribution is -2.34. The molecule has 2 fully saturated rings. The summed E-state index contributed by atoms with van der Waals surface area (Å²) in [5.41, 5.74) is 4.12. The second-order valence-corrected chi connectivity index (χ2v) is 8.96. The van der Waals surface area contributed by atoms with Crippen molar-refractivity contribution >= 4 is 23.2 Å². The molecule has 2 atom stereocenters.